The summed E-state index contributed by atoms with van der Waals surface area (Å²) in [6.45, 7) is 1.95. The SMILES string of the molecule is Cc1ccc(N)cc1Cl.Nc1cccc(CC(=O)O)c1. The molecule has 2 aromatic carbocycles. The molecule has 0 spiro atoms. The summed E-state index contributed by atoms with van der Waals surface area (Å²) in [4.78, 5) is 10.2. The van der Waals surface area contributed by atoms with Crippen molar-refractivity contribution < 1.29 is 9.90 Å². The molecule has 0 aromatic heterocycles. The molecule has 0 aliphatic heterocycles. The van der Waals surface area contributed by atoms with E-state index in [1.165, 1.54) is 0 Å². The summed E-state index contributed by atoms with van der Waals surface area (Å²) >= 11 is 5.73. The van der Waals surface area contributed by atoms with Crippen molar-refractivity contribution in [3.8, 4) is 0 Å². The lowest BCUT2D eigenvalue weighted by atomic mass is 10.1. The van der Waals surface area contributed by atoms with Crippen LogP contribution >= 0.6 is 11.6 Å². The monoisotopic (exact) mass is 292 g/mol. The van der Waals surface area contributed by atoms with Gasteiger partial charge in [-0.2, -0.15) is 0 Å². The molecule has 0 heterocycles. The van der Waals surface area contributed by atoms with Gasteiger partial charge in [0, 0.05) is 16.4 Å². The van der Waals surface area contributed by atoms with Crippen LogP contribution in [0.4, 0.5) is 11.4 Å². The smallest absolute Gasteiger partial charge is 0.307 e. The van der Waals surface area contributed by atoms with Gasteiger partial charge in [-0.25, -0.2) is 0 Å². The zero-order valence-electron chi connectivity index (χ0n) is 11.1. The molecule has 2 aromatic rings. The van der Waals surface area contributed by atoms with Crippen molar-refractivity contribution in [2.45, 2.75) is 13.3 Å². The van der Waals surface area contributed by atoms with Crippen LogP contribution in [0.2, 0.25) is 5.02 Å². The van der Waals surface area contributed by atoms with Crippen LogP contribution in [-0.4, -0.2) is 11.1 Å². The standard InChI is InChI=1S/C8H9NO2.C7H8ClN/c9-7-3-1-2-6(4-7)5-8(10)11;1-5-2-3-6(9)4-7(5)8/h1-4H,5,9H2,(H,10,11);2-4H,9H2,1H3. The van der Waals surface area contributed by atoms with Gasteiger partial charge in [-0.1, -0.05) is 29.8 Å². The van der Waals surface area contributed by atoms with Crippen molar-refractivity contribution in [3.63, 3.8) is 0 Å². The minimum atomic E-state index is -0.837. The molecule has 0 aliphatic rings. The number of hydrogen-bond acceptors (Lipinski definition) is 3. The van der Waals surface area contributed by atoms with Gasteiger partial charge < -0.3 is 16.6 Å². The first kappa shape index (κ1) is 15.9. The Kier molecular flexibility index (Phi) is 5.87. The highest BCUT2D eigenvalue weighted by Gasteiger charge is 1.98. The lowest BCUT2D eigenvalue weighted by molar-refractivity contribution is -0.136. The number of carbonyl (C=O) groups is 1. The number of aryl methyl sites for hydroxylation is 1. The fraction of sp³-hybridized carbons (Fsp3) is 0.133. The van der Waals surface area contributed by atoms with E-state index in [9.17, 15) is 4.79 Å². The third-order valence-electron chi connectivity index (χ3n) is 2.50. The lowest BCUT2D eigenvalue weighted by Gasteiger charge is -1.96. The number of benzene rings is 2. The number of carboxylic acid groups (broad SMARTS) is 1. The minimum absolute atomic E-state index is 0.0328. The maximum atomic E-state index is 10.2. The number of hydrogen-bond donors (Lipinski definition) is 3. The molecule has 0 amide bonds. The van der Waals surface area contributed by atoms with E-state index < -0.39 is 5.97 Å². The van der Waals surface area contributed by atoms with E-state index in [0.29, 0.717) is 11.4 Å². The second-order valence-electron chi connectivity index (χ2n) is 4.32. The fourth-order valence-electron chi connectivity index (χ4n) is 1.49. The van der Waals surface area contributed by atoms with E-state index in [2.05, 4.69) is 0 Å². The summed E-state index contributed by atoms with van der Waals surface area (Å²) in [5.41, 5.74) is 14.0. The van der Waals surface area contributed by atoms with Crippen LogP contribution in [0.3, 0.4) is 0 Å². The third kappa shape index (κ3) is 5.63. The van der Waals surface area contributed by atoms with Gasteiger partial charge in [-0.3, -0.25) is 4.79 Å². The molecule has 0 unspecified atom stereocenters. The molecule has 106 valence electrons. The van der Waals surface area contributed by atoms with Crippen molar-refractivity contribution in [1.82, 2.24) is 0 Å². The maximum Gasteiger partial charge on any atom is 0.307 e. The van der Waals surface area contributed by atoms with Crippen LogP contribution in [0.15, 0.2) is 42.5 Å². The van der Waals surface area contributed by atoms with E-state index in [1.807, 2.05) is 19.1 Å². The van der Waals surface area contributed by atoms with Crippen LogP contribution in [-0.2, 0) is 11.2 Å². The van der Waals surface area contributed by atoms with Crippen LogP contribution < -0.4 is 11.5 Å². The van der Waals surface area contributed by atoms with E-state index in [-0.39, 0.29) is 6.42 Å². The number of anilines is 2. The zero-order valence-corrected chi connectivity index (χ0v) is 11.9. The Morgan fingerprint density at radius 2 is 1.80 bits per heavy atom. The average Bonchev–Trinajstić information content (AvgIpc) is 2.34. The number of aliphatic carboxylic acids is 1. The molecule has 5 heteroatoms. The van der Waals surface area contributed by atoms with Gasteiger partial charge in [0.15, 0.2) is 0 Å². The first-order valence-corrected chi connectivity index (χ1v) is 6.34. The Labute approximate surface area is 123 Å². The van der Waals surface area contributed by atoms with Gasteiger partial charge in [-0.15, -0.1) is 0 Å². The molecule has 0 bridgehead atoms. The number of nitrogens with two attached hydrogens (primary N) is 2. The zero-order chi connectivity index (χ0) is 15.1. The number of halogens is 1. The minimum Gasteiger partial charge on any atom is -0.481 e. The second kappa shape index (κ2) is 7.40. The van der Waals surface area contributed by atoms with Crippen LogP contribution in [0.1, 0.15) is 11.1 Å². The van der Waals surface area contributed by atoms with Gasteiger partial charge >= 0.3 is 5.97 Å². The van der Waals surface area contributed by atoms with Gasteiger partial charge in [0.1, 0.15) is 0 Å². The summed E-state index contributed by atoms with van der Waals surface area (Å²) in [7, 11) is 0. The topological polar surface area (TPSA) is 89.3 Å². The quantitative estimate of drug-likeness (QED) is 0.742. The Morgan fingerprint density at radius 3 is 2.30 bits per heavy atom. The summed E-state index contributed by atoms with van der Waals surface area (Å²) < 4.78 is 0. The largest absolute Gasteiger partial charge is 0.481 e. The molecule has 0 fully saturated rings. The lowest BCUT2D eigenvalue weighted by Crippen LogP contribution is -2.00. The predicted octanol–water partition coefficient (Wildman–Crippen LogP) is 3.13. The number of nitrogen functional groups attached to an aromatic ring is 2. The second-order valence-corrected chi connectivity index (χ2v) is 4.73. The van der Waals surface area contributed by atoms with E-state index in [4.69, 9.17) is 28.2 Å². The molecular formula is C15H17ClN2O2. The normalized spacial score (nSPS) is 9.50. The van der Waals surface area contributed by atoms with Crippen molar-refractivity contribution >= 4 is 28.9 Å². The van der Waals surface area contributed by atoms with Gasteiger partial charge in [-0.05, 0) is 42.3 Å². The van der Waals surface area contributed by atoms with Crippen molar-refractivity contribution in [1.29, 1.82) is 0 Å². The average molecular weight is 293 g/mol. The molecule has 4 nitrogen and oxygen atoms in total. The van der Waals surface area contributed by atoms with Crippen LogP contribution in [0, 0.1) is 6.92 Å². The first-order chi connectivity index (χ1) is 9.38. The van der Waals surface area contributed by atoms with E-state index >= 15 is 0 Å². The molecule has 0 aliphatic carbocycles. The maximum absolute atomic E-state index is 10.2. The highest BCUT2D eigenvalue weighted by molar-refractivity contribution is 6.31. The Balaban J connectivity index is 0.000000204. The molecular weight excluding hydrogens is 276 g/mol. The summed E-state index contributed by atoms with van der Waals surface area (Å²) in [6, 6.07) is 12.4. The van der Waals surface area contributed by atoms with Crippen molar-refractivity contribution in [2.24, 2.45) is 0 Å². The highest BCUT2D eigenvalue weighted by atomic mass is 35.5. The molecule has 2 rings (SSSR count). The summed E-state index contributed by atoms with van der Waals surface area (Å²) in [5.74, 6) is -0.837. The van der Waals surface area contributed by atoms with Crippen LogP contribution in [0.25, 0.3) is 0 Å². The van der Waals surface area contributed by atoms with Crippen LogP contribution in [0.5, 0.6) is 0 Å². The van der Waals surface area contributed by atoms with E-state index in [1.54, 1.807) is 30.3 Å². The molecule has 0 radical (unpaired) electrons. The molecule has 20 heavy (non-hydrogen) atoms. The molecule has 0 atom stereocenters. The number of rotatable bonds is 2. The van der Waals surface area contributed by atoms with Crippen molar-refractivity contribution in [2.75, 3.05) is 11.5 Å². The summed E-state index contributed by atoms with van der Waals surface area (Å²) in [5, 5.41) is 9.15. The molecule has 0 saturated heterocycles. The fourth-order valence-corrected chi connectivity index (χ4v) is 1.68. The first-order valence-electron chi connectivity index (χ1n) is 5.96. The molecule has 0 saturated carbocycles. The van der Waals surface area contributed by atoms with Gasteiger partial charge in [0.2, 0.25) is 0 Å². The highest BCUT2D eigenvalue weighted by Crippen LogP contribution is 2.17. The Bertz CT molecular complexity index is 600. The Morgan fingerprint density at radius 1 is 1.15 bits per heavy atom. The van der Waals surface area contributed by atoms with E-state index in [0.717, 1.165) is 16.1 Å². The third-order valence-corrected chi connectivity index (χ3v) is 2.91. The molecule has 5 N–H and O–H groups in total. The predicted molar refractivity (Wildman–Crippen MR) is 82.8 cm³/mol. The van der Waals surface area contributed by atoms with Gasteiger partial charge in [0.05, 0.1) is 6.42 Å². The van der Waals surface area contributed by atoms with Crippen molar-refractivity contribution in [3.05, 3.63) is 58.6 Å². The van der Waals surface area contributed by atoms with Gasteiger partial charge in [0.25, 0.3) is 0 Å². The number of carboxylic acids is 1. The summed E-state index contributed by atoms with van der Waals surface area (Å²) in [6.07, 6.45) is 0.0328. The Hall–Kier alpha value is -2.20.